The number of ether oxygens (including phenoxy) is 1. The molecule has 1 heterocycles. The van der Waals surface area contributed by atoms with Gasteiger partial charge in [-0.3, -0.25) is 4.79 Å². The van der Waals surface area contributed by atoms with E-state index < -0.39 is 5.91 Å². The van der Waals surface area contributed by atoms with E-state index in [0.29, 0.717) is 24.8 Å². The predicted molar refractivity (Wildman–Crippen MR) is 66.2 cm³/mol. The summed E-state index contributed by atoms with van der Waals surface area (Å²) < 4.78 is 9.03. The molecule has 0 aliphatic heterocycles. The molecule has 0 radical (unpaired) electrons. The van der Waals surface area contributed by atoms with Crippen LogP contribution >= 0.6 is 11.5 Å². The van der Waals surface area contributed by atoms with Crippen LogP contribution in [-0.2, 0) is 4.74 Å². The minimum Gasteiger partial charge on any atom is -0.394 e. The number of aliphatic hydroxyl groups excluding tert-OH is 1. The lowest BCUT2D eigenvalue weighted by atomic mass is 10.3. The van der Waals surface area contributed by atoms with Crippen molar-refractivity contribution < 1.29 is 14.6 Å². The normalized spacial score (nSPS) is 10.5. The van der Waals surface area contributed by atoms with Gasteiger partial charge in [-0.15, -0.1) is 0 Å². The Morgan fingerprint density at radius 1 is 1.59 bits per heavy atom. The lowest BCUT2D eigenvalue weighted by molar-refractivity contribution is 0.0969. The number of nitrogens with two attached hydrogens (primary N) is 2. The van der Waals surface area contributed by atoms with Crippen LogP contribution in [0.3, 0.4) is 0 Å². The van der Waals surface area contributed by atoms with Gasteiger partial charge >= 0.3 is 0 Å². The minimum absolute atomic E-state index is 0.0102. The molecule has 17 heavy (non-hydrogen) atoms. The van der Waals surface area contributed by atoms with Crippen LogP contribution in [0.5, 0.6) is 0 Å². The third-order valence-electron chi connectivity index (χ3n) is 2.10. The summed E-state index contributed by atoms with van der Waals surface area (Å²) in [5, 5.41) is 9.17. The summed E-state index contributed by atoms with van der Waals surface area (Å²) in [6.07, 6.45) is 0. The van der Waals surface area contributed by atoms with Crippen molar-refractivity contribution in [3.8, 4) is 0 Å². The lowest BCUT2D eigenvalue weighted by Crippen LogP contribution is -2.25. The van der Waals surface area contributed by atoms with E-state index in [9.17, 15) is 4.79 Å². The van der Waals surface area contributed by atoms with E-state index in [4.69, 9.17) is 21.3 Å². The maximum Gasteiger partial charge on any atom is 0.255 e. The first-order chi connectivity index (χ1) is 8.07. The number of anilines is 2. The quantitative estimate of drug-likeness (QED) is 0.557. The largest absolute Gasteiger partial charge is 0.394 e. The van der Waals surface area contributed by atoms with Crippen molar-refractivity contribution in [2.75, 3.05) is 44.0 Å². The molecule has 0 bridgehead atoms. The second-order valence-corrected chi connectivity index (χ2v) is 4.12. The smallest absolute Gasteiger partial charge is 0.255 e. The highest BCUT2D eigenvalue weighted by molar-refractivity contribution is 7.11. The predicted octanol–water partition coefficient (Wildman–Crippen LogP) is -0.731. The van der Waals surface area contributed by atoms with Crippen molar-refractivity contribution in [3.05, 3.63) is 5.56 Å². The average molecular weight is 260 g/mol. The van der Waals surface area contributed by atoms with Gasteiger partial charge in [0.2, 0.25) is 0 Å². The van der Waals surface area contributed by atoms with E-state index in [0.717, 1.165) is 11.5 Å². The van der Waals surface area contributed by atoms with Crippen LogP contribution in [0.4, 0.5) is 10.8 Å². The van der Waals surface area contributed by atoms with Crippen molar-refractivity contribution in [1.29, 1.82) is 0 Å². The zero-order valence-electron chi connectivity index (χ0n) is 9.55. The number of rotatable bonds is 7. The van der Waals surface area contributed by atoms with E-state index in [1.165, 1.54) is 0 Å². The number of aromatic nitrogens is 1. The Balaban J connectivity index is 2.62. The molecular formula is C9H16N4O3S. The summed E-state index contributed by atoms with van der Waals surface area (Å²) in [6, 6.07) is 0. The van der Waals surface area contributed by atoms with E-state index in [1.807, 2.05) is 0 Å². The van der Waals surface area contributed by atoms with Gasteiger partial charge in [0, 0.05) is 13.6 Å². The van der Waals surface area contributed by atoms with Crippen LogP contribution in [-0.4, -0.2) is 48.8 Å². The summed E-state index contributed by atoms with van der Waals surface area (Å²) in [6.45, 7) is 1.28. The van der Waals surface area contributed by atoms with Crippen molar-refractivity contribution in [1.82, 2.24) is 4.37 Å². The molecule has 0 aromatic carbocycles. The Bertz CT molecular complexity index is 382. The highest BCUT2D eigenvalue weighted by Crippen LogP contribution is 2.28. The van der Waals surface area contributed by atoms with Crippen LogP contribution in [0.1, 0.15) is 10.4 Å². The molecule has 0 aliphatic rings. The maximum atomic E-state index is 11.2. The Hall–Kier alpha value is -1.38. The van der Waals surface area contributed by atoms with Crippen LogP contribution in [0.25, 0.3) is 0 Å². The number of nitrogens with zero attached hydrogens (tertiary/aromatic N) is 2. The monoisotopic (exact) mass is 260 g/mol. The average Bonchev–Trinajstić information content (AvgIpc) is 2.66. The molecule has 1 aromatic heterocycles. The summed E-state index contributed by atoms with van der Waals surface area (Å²) in [5.74, 6) is -0.435. The fourth-order valence-corrected chi connectivity index (χ4v) is 2.06. The molecule has 1 aromatic rings. The van der Waals surface area contributed by atoms with Gasteiger partial charge < -0.3 is 26.2 Å². The van der Waals surface area contributed by atoms with Crippen LogP contribution in [0.15, 0.2) is 0 Å². The third-order valence-corrected chi connectivity index (χ3v) is 3.08. The number of nitrogen functional groups attached to an aromatic ring is 1. The molecule has 0 saturated heterocycles. The third kappa shape index (κ3) is 3.55. The first kappa shape index (κ1) is 13.7. The number of carbonyl (C=O) groups excluding carboxylic acids is 1. The molecule has 7 nitrogen and oxygen atoms in total. The lowest BCUT2D eigenvalue weighted by Gasteiger charge is -2.17. The number of amides is 1. The number of carbonyl (C=O) groups is 1. The van der Waals surface area contributed by atoms with Crippen LogP contribution in [0, 0.1) is 0 Å². The summed E-state index contributed by atoms with van der Waals surface area (Å²) >= 11 is 1.12. The summed E-state index contributed by atoms with van der Waals surface area (Å²) in [5.41, 5.74) is 11.0. The van der Waals surface area contributed by atoms with E-state index in [2.05, 4.69) is 4.37 Å². The van der Waals surface area contributed by atoms with Crippen molar-refractivity contribution in [2.45, 2.75) is 0 Å². The van der Waals surface area contributed by atoms with Gasteiger partial charge in [0.05, 0.1) is 19.8 Å². The molecule has 5 N–H and O–H groups in total. The highest BCUT2D eigenvalue weighted by atomic mass is 32.1. The number of primary amides is 1. The molecule has 96 valence electrons. The zero-order valence-corrected chi connectivity index (χ0v) is 10.4. The molecule has 0 spiro atoms. The molecular weight excluding hydrogens is 244 g/mol. The minimum atomic E-state index is -0.589. The highest BCUT2D eigenvalue weighted by Gasteiger charge is 2.19. The Kier molecular flexibility index (Phi) is 5.13. The zero-order chi connectivity index (χ0) is 12.8. The Labute approximate surface area is 103 Å². The van der Waals surface area contributed by atoms with Gasteiger partial charge in [0.15, 0.2) is 5.82 Å². The Morgan fingerprint density at radius 2 is 2.29 bits per heavy atom. The Morgan fingerprint density at radius 3 is 2.88 bits per heavy atom. The molecule has 0 saturated carbocycles. The van der Waals surface area contributed by atoms with Gasteiger partial charge in [-0.25, -0.2) is 0 Å². The molecule has 0 fully saturated rings. The van der Waals surface area contributed by atoms with Crippen molar-refractivity contribution in [2.24, 2.45) is 5.73 Å². The molecule has 1 rings (SSSR count). The van der Waals surface area contributed by atoms with Gasteiger partial charge in [-0.1, -0.05) is 0 Å². The van der Waals surface area contributed by atoms with E-state index >= 15 is 0 Å². The maximum absolute atomic E-state index is 11.2. The van der Waals surface area contributed by atoms with Crippen LogP contribution < -0.4 is 16.4 Å². The molecule has 1 amide bonds. The fraction of sp³-hybridized carbons (Fsp3) is 0.556. The van der Waals surface area contributed by atoms with Gasteiger partial charge in [-0.05, 0) is 11.5 Å². The summed E-state index contributed by atoms with van der Waals surface area (Å²) in [7, 11) is 1.79. The molecule has 0 atom stereocenters. The van der Waals surface area contributed by atoms with E-state index in [-0.39, 0.29) is 18.0 Å². The van der Waals surface area contributed by atoms with Gasteiger partial charge in [0.1, 0.15) is 10.6 Å². The number of hydrogen-bond donors (Lipinski definition) is 3. The SMILES string of the molecule is CN(CCOCCO)c1snc(N)c1C(N)=O. The van der Waals surface area contributed by atoms with Gasteiger partial charge in [0.25, 0.3) is 5.91 Å². The summed E-state index contributed by atoms with van der Waals surface area (Å²) in [4.78, 5) is 13.0. The van der Waals surface area contributed by atoms with Crippen molar-refractivity contribution in [3.63, 3.8) is 0 Å². The van der Waals surface area contributed by atoms with E-state index in [1.54, 1.807) is 11.9 Å². The number of aliphatic hydroxyl groups is 1. The van der Waals surface area contributed by atoms with Gasteiger partial charge in [-0.2, -0.15) is 4.37 Å². The van der Waals surface area contributed by atoms with Crippen molar-refractivity contribution >= 4 is 28.3 Å². The molecule has 0 aliphatic carbocycles. The van der Waals surface area contributed by atoms with Crippen LogP contribution in [0.2, 0.25) is 0 Å². The second kappa shape index (κ2) is 6.38. The first-order valence-corrected chi connectivity index (χ1v) is 5.80. The topological polar surface area (TPSA) is 115 Å². The second-order valence-electron chi connectivity index (χ2n) is 3.37. The number of likely N-dealkylation sites (N-methyl/N-ethyl adjacent to an activating group) is 1. The molecule has 0 unspecified atom stereocenters. The molecule has 8 heteroatoms. The number of hydrogen-bond acceptors (Lipinski definition) is 7. The first-order valence-electron chi connectivity index (χ1n) is 5.02. The fourth-order valence-electron chi connectivity index (χ4n) is 1.26. The standard InChI is InChI=1S/C9H16N4O3S/c1-13(2-4-16-5-3-14)9-6(8(11)15)7(10)12-17-9/h14H,2-5H2,1H3,(H2,10,12)(H2,11,15).